The summed E-state index contributed by atoms with van der Waals surface area (Å²) in [6.45, 7) is 3.93. The SMILES string of the molecule is CC1CCCC(S(=O)C(C)C(=O)c2ccc(Cl)cc2Cl)C1. The Morgan fingerprint density at radius 3 is 2.67 bits per heavy atom. The topological polar surface area (TPSA) is 34.1 Å². The highest BCUT2D eigenvalue weighted by atomic mass is 35.5. The zero-order valence-corrected chi connectivity index (χ0v) is 14.6. The summed E-state index contributed by atoms with van der Waals surface area (Å²) in [5.41, 5.74) is 0.408. The van der Waals surface area contributed by atoms with E-state index in [0.717, 1.165) is 19.3 Å². The smallest absolute Gasteiger partial charge is 0.179 e. The van der Waals surface area contributed by atoms with E-state index in [-0.39, 0.29) is 11.0 Å². The molecule has 1 saturated carbocycles. The van der Waals surface area contributed by atoms with Gasteiger partial charge in [0.15, 0.2) is 5.78 Å². The van der Waals surface area contributed by atoms with Gasteiger partial charge in [-0.1, -0.05) is 43.0 Å². The average Bonchev–Trinajstić information content (AvgIpc) is 2.45. The van der Waals surface area contributed by atoms with Crippen LogP contribution in [0.4, 0.5) is 0 Å². The Morgan fingerprint density at radius 1 is 1.33 bits per heavy atom. The normalized spacial score (nSPS) is 25.3. The molecule has 2 rings (SSSR count). The predicted molar refractivity (Wildman–Crippen MR) is 89.8 cm³/mol. The maximum Gasteiger partial charge on any atom is 0.179 e. The number of rotatable bonds is 4. The molecule has 2 nitrogen and oxygen atoms in total. The Kier molecular flexibility index (Phi) is 5.87. The van der Waals surface area contributed by atoms with Crippen LogP contribution in [0.3, 0.4) is 0 Å². The third-order valence-corrected chi connectivity index (χ3v) is 6.68. The average molecular weight is 347 g/mol. The molecule has 1 aliphatic carbocycles. The fourth-order valence-electron chi connectivity index (χ4n) is 2.89. The first-order valence-corrected chi connectivity index (χ1v) is 9.32. The van der Waals surface area contributed by atoms with Crippen molar-refractivity contribution in [3.63, 3.8) is 0 Å². The number of hydrogen-bond acceptors (Lipinski definition) is 2. The number of carbonyl (C=O) groups excluding carboxylic acids is 1. The molecule has 0 amide bonds. The molecule has 1 aromatic carbocycles. The Labute approximate surface area is 138 Å². The Hall–Kier alpha value is -0.380. The minimum atomic E-state index is -1.16. The van der Waals surface area contributed by atoms with Gasteiger partial charge in [-0.2, -0.15) is 0 Å². The minimum absolute atomic E-state index is 0.124. The Balaban J connectivity index is 2.13. The van der Waals surface area contributed by atoms with Crippen molar-refractivity contribution in [2.24, 2.45) is 5.92 Å². The first kappa shape index (κ1) is 17.0. The zero-order valence-electron chi connectivity index (χ0n) is 12.3. The maximum absolute atomic E-state index is 12.7. The van der Waals surface area contributed by atoms with Gasteiger partial charge in [-0.05, 0) is 43.9 Å². The van der Waals surface area contributed by atoms with E-state index in [0.29, 0.717) is 21.5 Å². The standard InChI is InChI=1S/C16H20Cl2O2S/c1-10-4-3-5-13(8-10)21(20)11(2)16(19)14-7-6-12(17)9-15(14)18/h6-7,9-11,13H,3-5,8H2,1-2H3. The van der Waals surface area contributed by atoms with Gasteiger partial charge in [0.1, 0.15) is 0 Å². The van der Waals surface area contributed by atoms with E-state index < -0.39 is 16.0 Å². The number of Topliss-reactive ketones (excluding diaryl/α,β-unsaturated/α-hetero) is 1. The van der Waals surface area contributed by atoms with Crippen molar-refractivity contribution < 1.29 is 9.00 Å². The van der Waals surface area contributed by atoms with Crippen LogP contribution in [0.15, 0.2) is 18.2 Å². The van der Waals surface area contributed by atoms with Crippen LogP contribution >= 0.6 is 23.2 Å². The lowest BCUT2D eigenvalue weighted by molar-refractivity contribution is 0.0992. The van der Waals surface area contributed by atoms with E-state index in [1.54, 1.807) is 25.1 Å². The largest absolute Gasteiger partial charge is 0.293 e. The van der Waals surface area contributed by atoms with E-state index in [2.05, 4.69) is 6.92 Å². The van der Waals surface area contributed by atoms with Crippen LogP contribution in [0.25, 0.3) is 0 Å². The molecule has 0 radical (unpaired) electrons. The van der Waals surface area contributed by atoms with E-state index in [1.807, 2.05) is 0 Å². The molecule has 0 aromatic heterocycles. The van der Waals surface area contributed by atoms with Crippen LogP contribution in [0.5, 0.6) is 0 Å². The van der Waals surface area contributed by atoms with Gasteiger partial charge < -0.3 is 0 Å². The van der Waals surface area contributed by atoms with Crippen molar-refractivity contribution in [1.82, 2.24) is 0 Å². The molecule has 4 unspecified atom stereocenters. The van der Waals surface area contributed by atoms with Crippen LogP contribution in [-0.4, -0.2) is 20.5 Å². The molecule has 0 saturated heterocycles. The van der Waals surface area contributed by atoms with Crippen molar-refractivity contribution in [3.8, 4) is 0 Å². The van der Waals surface area contributed by atoms with Crippen molar-refractivity contribution in [3.05, 3.63) is 33.8 Å². The third kappa shape index (κ3) is 4.08. The van der Waals surface area contributed by atoms with Gasteiger partial charge >= 0.3 is 0 Å². The number of benzene rings is 1. The first-order chi connectivity index (χ1) is 9.90. The lowest BCUT2D eigenvalue weighted by Crippen LogP contribution is -2.33. The minimum Gasteiger partial charge on any atom is -0.293 e. The van der Waals surface area contributed by atoms with Gasteiger partial charge in [0.2, 0.25) is 0 Å². The molecule has 0 heterocycles. The molecule has 1 aromatic rings. The molecule has 21 heavy (non-hydrogen) atoms. The van der Waals surface area contributed by atoms with Crippen molar-refractivity contribution >= 4 is 39.8 Å². The lowest BCUT2D eigenvalue weighted by Gasteiger charge is -2.28. The molecule has 0 bridgehead atoms. The van der Waals surface area contributed by atoms with E-state index in [9.17, 15) is 9.00 Å². The number of carbonyl (C=O) groups is 1. The maximum atomic E-state index is 12.7. The van der Waals surface area contributed by atoms with Crippen molar-refractivity contribution in [2.75, 3.05) is 0 Å². The summed E-state index contributed by atoms with van der Waals surface area (Å²) in [5.74, 6) is 0.433. The van der Waals surface area contributed by atoms with Gasteiger partial charge in [-0.15, -0.1) is 0 Å². The van der Waals surface area contributed by atoms with Crippen molar-refractivity contribution in [1.29, 1.82) is 0 Å². The summed E-state index contributed by atoms with van der Waals surface area (Å²) in [4.78, 5) is 12.5. The van der Waals surface area contributed by atoms with Crippen LogP contribution in [0.2, 0.25) is 10.0 Å². The highest BCUT2D eigenvalue weighted by Crippen LogP contribution is 2.30. The van der Waals surface area contributed by atoms with E-state index in [1.165, 1.54) is 6.42 Å². The summed E-state index contributed by atoms with van der Waals surface area (Å²) in [6, 6.07) is 4.80. The summed E-state index contributed by atoms with van der Waals surface area (Å²) in [7, 11) is -1.16. The summed E-state index contributed by atoms with van der Waals surface area (Å²) < 4.78 is 12.7. The monoisotopic (exact) mass is 346 g/mol. The second-order valence-corrected chi connectivity index (χ2v) is 8.73. The number of hydrogen-bond donors (Lipinski definition) is 0. The molecule has 5 heteroatoms. The van der Waals surface area contributed by atoms with Crippen LogP contribution in [-0.2, 0) is 10.8 Å². The summed E-state index contributed by atoms with van der Waals surface area (Å²) in [6.07, 6.45) is 4.18. The molecule has 4 atom stereocenters. The van der Waals surface area contributed by atoms with Gasteiger partial charge in [0.25, 0.3) is 0 Å². The first-order valence-electron chi connectivity index (χ1n) is 7.28. The second kappa shape index (κ2) is 7.26. The molecule has 1 aliphatic rings. The zero-order chi connectivity index (χ0) is 15.6. The lowest BCUT2D eigenvalue weighted by atomic mass is 9.91. The highest BCUT2D eigenvalue weighted by molar-refractivity contribution is 7.87. The molecular formula is C16H20Cl2O2S. The predicted octanol–water partition coefficient (Wildman–Crippen LogP) is 4.89. The fraction of sp³-hybridized carbons (Fsp3) is 0.562. The van der Waals surface area contributed by atoms with Gasteiger partial charge in [-0.25, -0.2) is 0 Å². The van der Waals surface area contributed by atoms with E-state index in [4.69, 9.17) is 23.2 Å². The Morgan fingerprint density at radius 2 is 2.05 bits per heavy atom. The second-order valence-electron chi connectivity index (χ2n) is 5.85. The van der Waals surface area contributed by atoms with Crippen molar-refractivity contribution in [2.45, 2.75) is 50.0 Å². The van der Waals surface area contributed by atoms with Gasteiger partial charge in [0.05, 0.1) is 10.3 Å². The number of ketones is 1. The highest BCUT2D eigenvalue weighted by Gasteiger charge is 2.31. The molecular weight excluding hydrogens is 327 g/mol. The van der Waals surface area contributed by atoms with E-state index >= 15 is 0 Å². The quantitative estimate of drug-likeness (QED) is 0.727. The van der Waals surface area contributed by atoms with Crippen LogP contribution in [0.1, 0.15) is 49.9 Å². The summed E-state index contributed by atoms with van der Waals surface area (Å²) in [5, 5.41) is 0.414. The molecule has 0 spiro atoms. The summed E-state index contributed by atoms with van der Waals surface area (Å²) >= 11 is 11.9. The van der Waals surface area contributed by atoms with Gasteiger partial charge in [0, 0.05) is 26.6 Å². The molecule has 0 N–H and O–H groups in total. The molecule has 0 aliphatic heterocycles. The Bertz CT molecular complexity index is 559. The van der Waals surface area contributed by atoms with Crippen LogP contribution in [0, 0.1) is 5.92 Å². The van der Waals surface area contributed by atoms with Crippen LogP contribution < -0.4 is 0 Å². The molecule has 116 valence electrons. The number of halogens is 2. The third-order valence-electron chi connectivity index (χ3n) is 4.13. The fourth-order valence-corrected chi connectivity index (χ4v) is 5.23. The molecule has 1 fully saturated rings. The van der Waals surface area contributed by atoms with Gasteiger partial charge in [-0.3, -0.25) is 9.00 Å².